The summed E-state index contributed by atoms with van der Waals surface area (Å²) in [4.78, 5) is 26.8. The van der Waals surface area contributed by atoms with Gasteiger partial charge in [-0.05, 0) is 42.5 Å². The van der Waals surface area contributed by atoms with E-state index in [-0.39, 0.29) is 16.5 Å². The third kappa shape index (κ3) is 6.01. The summed E-state index contributed by atoms with van der Waals surface area (Å²) in [5.74, 6) is 0.155. The number of pyridine rings is 1. The number of carbonyl (C=O) groups is 1. The smallest absolute Gasteiger partial charge is 0.270 e. The number of aromatic nitrogens is 4. The number of nitro groups is 1. The molecule has 0 aliphatic rings. The van der Waals surface area contributed by atoms with Gasteiger partial charge in [0, 0.05) is 51.4 Å². The van der Waals surface area contributed by atoms with Gasteiger partial charge in [-0.3, -0.25) is 24.5 Å². The molecule has 1 amide bonds. The molecule has 4 rings (SSSR count). The van der Waals surface area contributed by atoms with Crippen LogP contribution in [0.15, 0.2) is 77.2 Å². The summed E-state index contributed by atoms with van der Waals surface area (Å²) in [6.45, 7) is 0. The van der Waals surface area contributed by atoms with Crippen LogP contribution >= 0.6 is 35.0 Å². The molecule has 2 aromatic heterocycles. The molecule has 35 heavy (non-hydrogen) atoms. The average molecular weight is 528 g/mol. The van der Waals surface area contributed by atoms with E-state index in [2.05, 4.69) is 25.7 Å². The zero-order chi connectivity index (χ0) is 24.8. The zero-order valence-electron chi connectivity index (χ0n) is 17.7. The molecule has 4 aromatic rings. The Kier molecular flexibility index (Phi) is 7.70. The van der Waals surface area contributed by atoms with Gasteiger partial charge in [0.05, 0.1) is 16.9 Å². The maximum atomic E-state index is 12.4. The number of hydrogen-bond acceptors (Lipinski definition) is 8. The van der Waals surface area contributed by atoms with E-state index in [9.17, 15) is 14.9 Å². The number of nitrogens with zero attached hydrogens (tertiary/aromatic N) is 6. The van der Waals surface area contributed by atoms with Crippen LogP contribution < -0.4 is 5.43 Å². The van der Waals surface area contributed by atoms with Gasteiger partial charge in [-0.1, -0.05) is 35.0 Å². The number of non-ortho nitro benzene ring substituents is 1. The fraction of sp³-hybridized carbons (Fsp3) is 0.0455. The summed E-state index contributed by atoms with van der Waals surface area (Å²) < 4.78 is 1.82. The van der Waals surface area contributed by atoms with Crippen molar-refractivity contribution >= 4 is 52.8 Å². The monoisotopic (exact) mass is 527 g/mol. The van der Waals surface area contributed by atoms with Gasteiger partial charge >= 0.3 is 0 Å². The SMILES string of the molecule is O=C(CSc1nnc(-c2ccncc2)n1-c1ccc(Cl)cc1)NN=Cc1cc([N+](=O)[O-])ccc1Cl. The van der Waals surface area contributed by atoms with Crippen LogP contribution in [0, 0.1) is 10.1 Å². The molecule has 2 aromatic carbocycles. The van der Waals surface area contributed by atoms with Gasteiger partial charge in [-0.25, -0.2) is 5.43 Å². The average Bonchev–Trinajstić information content (AvgIpc) is 3.29. The lowest BCUT2D eigenvalue weighted by molar-refractivity contribution is -0.384. The summed E-state index contributed by atoms with van der Waals surface area (Å²) >= 11 is 13.2. The van der Waals surface area contributed by atoms with Gasteiger partial charge in [0.15, 0.2) is 11.0 Å². The van der Waals surface area contributed by atoms with E-state index in [0.717, 1.165) is 23.0 Å². The van der Waals surface area contributed by atoms with Crippen molar-refractivity contribution in [2.75, 3.05) is 5.75 Å². The first-order valence-corrected chi connectivity index (χ1v) is 11.7. The lowest BCUT2D eigenvalue weighted by Gasteiger charge is -2.10. The highest BCUT2D eigenvalue weighted by Gasteiger charge is 2.17. The third-order valence-electron chi connectivity index (χ3n) is 4.57. The Balaban J connectivity index is 1.49. The molecule has 0 unspecified atom stereocenters. The second-order valence-corrected chi connectivity index (χ2v) is 8.68. The number of nitro benzene ring substituents is 1. The summed E-state index contributed by atoms with van der Waals surface area (Å²) in [6.07, 6.45) is 4.56. The highest BCUT2D eigenvalue weighted by Crippen LogP contribution is 2.28. The summed E-state index contributed by atoms with van der Waals surface area (Å²) in [5.41, 5.74) is 4.12. The van der Waals surface area contributed by atoms with Crippen LogP contribution in [0.1, 0.15) is 5.56 Å². The minimum absolute atomic E-state index is 0.0118. The second-order valence-electron chi connectivity index (χ2n) is 6.90. The first-order chi connectivity index (χ1) is 16.9. The second kappa shape index (κ2) is 11.1. The minimum atomic E-state index is -0.542. The van der Waals surface area contributed by atoms with Crippen LogP contribution in [0.4, 0.5) is 5.69 Å². The number of halogens is 2. The van der Waals surface area contributed by atoms with E-state index in [1.165, 1.54) is 24.4 Å². The Hall–Kier alpha value is -3.80. The van der Waals surface area contributed by atoms with Crippen LogP contribution in [0.5, 0.6) is 0 Å². The van der Waals surface area contributed by atoms with Crippen LogP contribution in [0.25, 0.3) is 17.1 Å². The minimum Gasteiger partial charge on any atom is -0.272 e. The van der Waals surface area contributed by atoms with Crippen molar-refractivity contribution in [3.05, 3.63) is 92.7 Å². The van der Waals surface area contributed by atoms with E-state index in [0.29, 0.717) is 21.6 Å². The lowest BCUT2D eigenvalue weighted by atomic mass is 10.2. The molecule has 1 N–H and O–H groups in total. The Morgan fingerprint density at radius 2 is 1.86 bits per heavy atom. The Morgan fingerprint density at radius 3 is 2.57 bits per heavy atom. The van der Waals surface area contributed by atoms with Gasteiger partial charge in [0.1, 0.15) is 0 Å². The van der Waals surface area contributed by atoms with Crippen molar-refractivity contribution < 1.29 is 9.72 Å². The number of hydrazone groups is 1. The summed E-state index contributed by atoms with van der Waals surface area (Å²) in [7, 11) is 0. The van der Waals surface area contributed by atoms with Crippen molar-refractivity contribution in [1.82, 2.24) is 25.2 Å². The number of carbonyl (C=O) groups excluding carboxylic acids is 1. The molecule has 0 atom stereocenters. The fourth-order valence-corrected chi connectivity index (χ4v) is 3.99. The molecular weight excluding hydrogens is 513 g/mol. The molecule has 0 radical (unpaired) electrons. The molecule has 176 valence electrons. The van der Waals surface area contributed by atoms with Crippen LogP contribution in [0.3, 0.4) is 0 Å². The molecule has 2 heterocycles. The van der Waals surface area contributed by atoms with Crippen LogP contribution in [-0.2, 0) is 4.79 Å². The topological polar surface area (TPSA) is 128 Å². The predicted octanol–water partition coefficient (Wildman–Crippen LogP) is 4.79. The largest absolute Gasteiger partial charge is 0.272 e. The quantitative estimate of drug-likeness (QED) is 0.151. The predicted molar refractivity (Wildman–Crippen MR) is 134 cm³/mol. The molecule has 0 saturated heterocycles. The van der Waals surface area contributed by atoms with E-state index in [4.69, 9.17) is 23.2 Å². The number of thioether (sulfide) groups is 1. The van der Waals surface area contributed by atoms with Crippen molar-refractivity contribution in [3.8, 4) is 17.1 Å². The maximum Gasteiger partial charge on any atom is 0.270 e. The van der Waals surface area contributed by atoms with Crippen LogP contribution in [-0.4, -0.2) is 42.5 Å². The summed E-state index contributed by atoms with van der Waals surface area (Å²) in [6, 6.07) is 14.7. The maximum absolute atomic E-state index is 12.4. The molecule has 0 saturated carbocycles. The molecule has 13 heteroatoms. The Labute approximate surface area is 213 Å². The van der Waals surface area contributed by atoms with Gasteiger partial charge < -0.3 is 0 Å². The van der Waals surface area contributed by atoms with Gasteiger partial charge in [0.25, 0.3) is 11.6 Å². The molecule has 0 fully saturated rings. The van der Waals surface area contributed by atoms with E-state index in [1.807, 2.05) is 28.8 Å². The number of nitrogens with one attached hydrogen (secondary N) is 1. The van der Waals surface area contributed by atoms with Crippen LogP contribution in [0.2, 0.25) is 10.0 Å². The highest BCUT2D eigenvalue weighted by atomic mass is 35.5. The number of rotatable bonds is 8. The van der Waals surface area contributed by atoms with Crippen molar-refractivity contribution in [1.29, 1.82) is 0 Å². The fourth-order valence-electron chi connectivity index (χ4n) is 2.95. The summed E-state index contributed by atoms with van der Waals surface area (Å²) in [5, 5.41) is 24.7. The van der Waals surface area contributed by atoms with Gasteiger partial charge in [0.2, 0.25) is 0 Å². The molecular formula is C22H15Cl2N7O3S. The first-order valence-electron chi connectivity index (χ1n) is 9.93. The normalized spacial score (nSPS) is 11.0. The van der Waals surface area contributed by atoms with Crippen molar-refractivity contribution in [2.45, 2.75) is 5.16 Å². The number of hydrogen-bond donors (Lipinski definition) is 1. The lowest BCUT2D eigenvalue weighted by Crippen LogP contribution is -2.20. The molecule has 0 aliphatic heterocycles. The van der Waals surface area contributed by atoms with Crippen molar-refractivity contribution in [2.24, 2.45) is 5.10 Å². The molecule has 0 spiro atoms. The number of amides is 1. The molecule has 0 aliphatic carbocycles. The number of benzene rings is 2. The highest BCUT2D eigenvalue weighted by molar-refractivity contribution is 7.99. The Bertz CT molecular complexity index is 1400. The molecule has 0 bridgehead atoms. The van der Waals surface area contributed by atoms with Gasteiger partial charge in [-0.15, -0.1) is 10.2 Å². The van der Waals surface area contributed by atoms with E-state index >= 15 is 0 Å². The van der Waals surface area contributed by atoms with E-state index in [1.54, 1.807) is 24.5 Å². The van der Waals surface area contributed by atoms with E-state index < -0.39 is 10.8 Å². The Morgan fingerprint density at radius 1 is 1.11 bits per heavy atom. The standard InChI is InChI=1S/C22H15Cl2N7O3S/c23-16-1-3-17(4-2-16)30-21(14-7-9-25-10-8-14)28-29-22(30)35-13-20(32)27-26-12-15-11-18(31(33)34)5-6-19(15)24/h1-12H,13H2,(H,27,32). The first kappa shape index (κ1) is 24.3. The third-order valence-corrected chi connectivity index (χ3v) is 6.10. The van der Waals surface area contributed by atoms with Gasteiger partial charge in [-0.2, -0.15) is 5.10 Å². The van der Waals surface area contributed by atoms with Crippen molar-refractivity contribution in [3.63, 3.8) is 0 Å². The molecule has 10 nitrogen and oxygen atoms in total. The zero-order valence-corrected chi connectivity index (χ0v) is 20.0.